The number of hydrogen-bond acceptors (Lipinski definition) is 2. The van der Waals surface area contributed by atoms with Gasteiger partial charge < -0.3 is 5.32 Å². The van der Waals surface area contributed by atoms with E-state index in [4.69, 9.17) is 5.10 Å². The van der Waals surface area contributed by atoms with Crippen LogP contribution in [0.4, 0.5) is 0 Å². The Hall–Kier alpha value is -1.61. The quantitative estimate of drug-likeness (QED) is 0.909. The molecule has 0 radical (unpaired) electrons. The van der Waals surface area contributed by atoms with Crippen molar-refractivity contribution in [2.75, 3.05) is 6.54 Å². The van der Waals surface area contributed by atoms with Crippen molar-refractivity contribution in [1.82, 2.24) is 15.1 Å². The van der Waals surface area contributed by atoms with E-state index >= 15 is 0 Å². The molecule has 21 heavy (non-hydrogen) atoms. The summed E-state index contributed by atoms with van der Waals surface area (Å²) in [6.45, 7) is 13.9. The van der Waals surface area contributed by atoms with E-state index in [-0.39, 0.29) is 0 Å². The van der Waals surface area contributed by atoms with Gasteiger partial charge in [-0.25, -0.2) is 4.68 Å². The fraction of sp³-hybridized carbons (Fsp3) is 0.500. The van der Waals surface area contributed by atoms with Crippen molar-refractivity contribution >= 4 is 0 Å². The summed E-state index contributed by atoms with van der Waals surface area (Å²) in [7, 11) is 0. The second kappa shape index (κ2) is 6.44. The van der Waals surface area contributed by atoms with Crippen LogP contribution in [0.3, 0.4) is 0 Å². The average Bonchev–Trinajstić information content (AvgIpc) is 2.65. The van der Waals surface area contributed by atoms with E-state index in [1.165, 1.54) is 22.4 Å². The average molecular weight is 285 g/mol. The van der Waals surface area contributed by atoms with Gasteiger partial charge in [-0.1, -0.05) is 19.9 Å². The molecule has 1 heterocycles. The number of hydrogen-bond donors (Lipinski definition) is 1. The van der Waals surface area contributed by atoms with Crippen molar-refractivity contribution in [3.63, 3.8) is 0 Å². The highest BCUT2D eigenvalue weighted by Gasteiger charge is 2.13. The fourth-order valence-corrected chi connectivity index (χ4v) is 2.85. The van der Waals surface area contributed by atoms with Crippen molar-refractivity contribution in [2.45, 2.75) is 54.0 Å². The minimum absolute atomic E-state index is 0.528. The number of nitrogens with zero attached hydrogens (tertiary/aromatic N) is 2. The van der Waals surface area contributed by atoms with E-state index in [0.29, 0.717) is 6.04 Å². The van der Waals surface area contributed by atoms with E-state index in [0.717, 1.165) is 24.3 Å². The molecule has 0 aliphatic heterocycles. The Balaban J connectivity index is 2.29. The van der Waals surface area contributed by atoms with Gasteiger partial charge in [0.1, 0.15) is 0 Å². The van der Waals surface area contributed by atoms with Crippen LogP contribution in [-0.2, 0) is 6.42 Å². The summed E-state index contributed by atoms with van der Waals surface area (Å²) in [5.41, 5.74) is 7.47. The van der Waals surface area contributed by atoms with Crippen molar-refractivity contribution in [3.8, 4) is 5.69 Å². The molecule has 2 aromatic rings. The third-order valence-corrected chi connectivity index (χ3v) is 3.82. The predicted octanol–water partition coefficient (Wildman–Crippen LogP) is 3.65. The van der Waals surface area contributed by atoms with Gasteiger partial charge in [-0.3, -0.25) is 0 Å². The van der Waals surface area contributed by atoms with Gasteiger partial charge in [0.05, 0.1) is 11.4 Å². The molecule has 114 valence electrons. The van der Waals surface area contributed by atoms with Gasteiger partial charge in [0, 0.05) is 11.7 Å². The Morgan fingerprint density at radius 2 is 1.67 bits per heavy atom. The van der Waals surface area contributed by atoms with Crippen LogP contribution in [0.5, 0.6) is 0 Å². The van der Waals surface area contributed by atoms with Gasteiger partial charge in [0.15, 0.2) is 0 Å². The summed E-state index contributed by atoms with van der Waals surface area (Å²) in [5, 5.41) is 8.23. The van der Waals surface area contributed by atoms with Crippen LogP contribution >= 0.6 is 0 Å². The molecule has 0 saturated carbocycles. The Labute approximate surface area is 128 Å². The molecule has 0 saturated heterocycles. The lowest BCUT2D eigenvalue weighted by Crippen LogP contribution is -2.25. The van der Waals surface area contributed by atoms with Crippen LogP contribution in [-0.4, -0.2) is 22.4 Å². The molecular weight excluding hydrogens is 258 g/mol. The SMILES string of the molecule is Cc1cc(C)cc(-n2nc(C)c(CCNC(C)C)c2C)c1. The standard InChI is InChI=1S/C18H27N3/c1-12(2)19-8-7-18-15(5)20-21(16(18)6)17-10-13(3)9-14(4)11-17/h9-12,19H,7-8H2,1-6H3. The number of aromatic nitrogens is 2. The molecule has 0 bridgehead atoms. The van der Waals surface area contributed by atoms with E-state index in [1.54, 1.807) is 0 Å². The highest BCUT2D eigenvalue weighted by molar-refractivity contribution is 5.42. The van der Waals surface area contributed by atoms with Crippen LogP contribution in [0.25, 0.3) is 5.69 Å². The Kier molecular flexibility index (Phi) is 4.84. The second-order valence-corrected chi connectivity index (χ2v) is 6.27. The molecular formula is C18H27N3. The molecule has 0 aliphatic rings. The maximum atomic E-state index is 4.75. The molecule has 2 rings (SSSR count). The fourth-order valence-electron chi connectivity index (χ4n) is 2.85. The van der Waals surface area contributed by atoms with Crippen LogP contribution in [0.15, 0.2) is 18.2 Å². The lowest BCUT2D eigenvalue weighted by molar-refractivity contribution is 0.589. The number of nitrogens with one attached hydrogen (secondary N) is 1. The lowest BCUT2D eigenvalue weighted by atomic mass is 10.1. The van der Waals surface area contributed by atoms with Gasteiger partial charge >= 0.3 is 0 Å². The molecule has 1 N–H and O–H groups in total. The van der Waals surface area contributed by atoms with E-state index < -0.39 is 0 Å². The summed E-state index contributed by atoms with van der Waals surface area (Å²) in [6, 6.07) is 7.12. The molecule has 1 aromatic heterocycles. The second-order valence-electron chi connectivity index (χ2n) is 6.27. The minimum atomic E-state index is 0.528. The van der Waals surface area contributed by atoms with Gasteiger partial charge in [-0.15, -0.1) is 0 Å². The maximum absolute atomic E-state index is 4.75. The topological polar surface area (TPSA) is 29.9 Å². The van der Waals surface area contributed by atoms with Gasteiger partial charge in [-0.2, -0.15) is 5.10 Å². The van der Waals surface area contributed by atoms with Crippen LogP contribution in [0, 0.1) is 27.7 Å². The summed E-state index contributed by atoms with van der Waals surface area (Å²) in [4.78, 5) is 0. The number of rotatable bonds is 5. The first-order chi connectivity index (χ1) is 9.88. The molecule has 0 amide bonds. The largest absolute Gasteiger partial charge is 0.314 e. The molecule has 0 unspecified atom stereocenters. The highest BCUT2D eigenvalue weighted by Crippen LogP contribution is 2.20. The van der Waals surface area contributed by atoms with Crippen LogP contribution in [0.1, 0.15) is 41.9 Å². The van der Waals surface area contributed by atoms with Crippen LogP contribution in [0.2, 0.25) is 0 Å². The first-order valence-corrected chi connectivity index (χ1v) is 7.75. The third-order valence-electron chi connectivity index (χ3n) is 3.82. The minimum Gasteiger partial charge on any atom is -0.314 e. The van der Waals surface area contributed by atoms with Crippen molar-refractivity contribution in [3.05, 3.63) is 46.3 Å². The summed E-state index contributed by atoms with van der Waals surface area (Å²) >= 11 is 0. The lowest BCUT2D eigenvalue weighted by Gasteiger charge is -2.09. The Morgan fingerprint density at radius 1 is 1.05 bits per heavy atom. The molecule has 0 spiro atoms. The zero-order chi connectivity index (χ0) is 15.6. The molecule has 0 fully saturated rings. The molecule has 3 nitrogen and oxygen atoms in total. The van der Waals surface area contributed by atoms with Crippen molar-refractivity contribution in [1.29, 1.82) is 0 Å². The normalized spacial score (nSPS) is 11.4. The summed E-state index contributed by atoms with van der Waals surface area (Å²) in [6.07, 6.45) is 1.03. The van der Waals surface area contributed by atoms with Crippen LogP contribution < -0.4 is 5.32 Å². The number of benzene rings is 1. The molecule has 3 heteroatoms. The Morgan fingerprint density at radius 3 is 2.24 bits per heavy atom. The highest BCUT2D eigenvalue weighted by atomic mass is 15.3. The monoisotopic (exact) mass is 285 g/mol. The predicted molar refractivity (Wildman–Crippen MR) is 89.4 cm³/mol. The zero-order valence-corrected chi connectivity index (χ0v) is 14.1. The third kappa shape index (κ3) is 3.73. The first-order valence-electron chi connectivity index (χ1n) is 7.75. The van der Waals surface area contributed by atoms with Gasteiger partial charge in [0.25, 0.3) is 0 Å². The van der Waals surface area contributed by atoms with Gasteiger partial charge in [0.2, 0.25) is 0 Å². The van der Waals surface area contributed by atoms with E-state index in [1.807, 2.05) is 0 Å². The smallest absolute Gasteiger partial charge is 0.0654 e. The van der Waals surface area contributed by atoms with E-state index in [2.05, 4.69) is 69.7 Å². The maximum Gasteiger partial charge on any atom is 0.0654 e. The Bertz CT molecular complexity index is 603. The summed E-state index contributed by atoms with van der Waals surface area (Å²) < 4.78 is 2.08. The zero-order valence-electron chi connectivity index (χ0n) is 14.1. The summed E-state index contributed by atoms with van der Waals surface area (Å²) in [5.74, 6) is 0. The first kappa shape index (κ1) is 15.8. The molecule has 1 aromatic carbocycles. The molecule has 0 atom stereocenters. The van der Waals surface area contributed by atoms with Crippen molar-refractivity contribution < 1.29 is 0 Å². The van der Waals surface area contributed by atoms with Crippen molar-refractivity contribution in [2.24, 2.45) is 0 Å². The molecule has 0 aliphatic carbocycles. The van der Waals surface area contributed by atoms with E-state index in [9.17, 15) is 0 Å². The van der Waals surface area contributed by atoms with Gasteiger partial charge in [-0.05, 0) is 69.5 Å². The number of aryl methyl sites for hydroxylation is 3.